The number of sulfonamides is 1. The molecule has 124 valence electrons. The van der Waals surface area contributed by atoms with E-state index < -0.39 is 21.9 Å². The summed E-state index contributed by atoms with van der Waals surface area (Å²) in [6.45, 7) is 3.51. The molecule has 0 fully saturated rings. The summed E-state index contributed by atoms with van der Waals surface area (Å²) in [7, 11) is -0.678. The van der Waals surface area contributed by atoms with E-state index in [4.69, 9.17) is 0 Å². The lowest BCUT2D eigenvalue weighted by molar-refractivity contribution is -0.144. The van der Waals surface area contributed by atoms with E-state index in [1.54, 1.807) is 25.3 Å². The van der Waals surface area contributed by atoms with Crippen molar-refractivity contribution >= 4 is 27.3 Å². The van der Waals surface area contributed by atoms with Crippen LogP contribution in [0.2, 0.25) is 0 Å². The second-order valence-corrected chi connectivity index (χ2v) is 8.98. The molecule has 0 saturated heterocycles. The average Bonchev–Trinajstić information content (AvgIpc) is 2.84. The van der Waals surface area contributed by atoms with Crippen molar-refractivity contribution in [1.29, 1.82) is 0 Å². The summed E-state index contributed by atoms with van der Waals surface area (Å²) in [5.41, 5.74) is 1.02. The molecule has 1 aliphatic rings. The minimum absolute atomic E-state index is 0.176. The van der Waals surface area contributed by atoms with Gasteiger partial charge in [0.15, 0.2) is 0 Å². The first-order valence-corrected chi connectivity index (χ1v) is 9.68. The number of rotatable bonds is 5. The number of ether oxygens (including phenoxy) is 1. The molecule has 2 atom stereocenters. The molecule has 0 radical (unpaired) electrons. The van der Waals surface area contributed by atoms with E-state index in [1.165, 1.54) is 11.4 Å². The van der Waals surface area contributed by atoms with E-state index in [0.29, 0.717) is 0 Å². The Hall–Kier alpha value is -0.990. The van der Waals surface area contributed by atoms with Gasteiger partial charge in [0.2, 0.25) is 10.0 Å². The van der Waals surface area contributed by atoms with Crippen LogP contribution in [0.4, 0.5) is 0 Å². The predicted octanol–water partition coefficient (Wildman–Crippen LogP) is 1.90. The molecule has 1 aromatic heterocycles. The van der Waals surface area contributed by atoms with Gasteiger partial charge in [-0.2, -0.15) is 4.31 Å². The van der Waals surface area contributed by atoms with Crippen LogP contribution >= 0.6 is 11.3 Å². The van der Waals surface area contributed by atoms with Crippen molar-refractivity contribution < 1.29 is 17.9 Å². The third-order valence-electron chi connectivity index (χ3n) is 3.97. The highest BCUT2D eigenvalue weighted by atomic mass is 32.2. The number of aryl methyl sites for hydroxylation is 2. The minimum atomic E-state index is -3.54. The fourth-order valence-electron chi connectivity index (χ4n) is 2.76. The van der Waals surface area contributed by atoms with E-state index in [-0.39, 0.29) is 11.8 Å². The van der Waals surface area contributed by atoms with E-state index in [2.05, 4.69) is 9.72 Å². The van der Waals surface area contributed by atoms with Crippen LogP contribution in [-0.4, -0.2) is 43.6 Å². The summed E-state index contributed by atoms with van der Waals surface area (Å²) >= 11 is 1.56. The number of nitrogens with zero attached hydrogens (tertiary/aromatic N) is 2. The van der Waals surface area contributed by atoms with Crippen molar-refractivity contribution in [1.82, 2.24) is 9.29 Å². The van der Waals surface area contributed by atoms with Crippen LogP contribution in [0, 0.1) is 12.8 Å². The minimum Gasteiger partial charge on any atom is -0.469 e. The van der Waals surface area contributed by atoms with Crippen LogP contribution in [-0.2, 0) is 26.0 Å². The highest BCUT2D eigenvalue weighted by molar-refractivity contribution is 7.89. The lowest BCUT2D eigenvalue weighted by Gasteiger charge is -2.30. The van der Waals surface area contributed by atoms with Crippen molar-refractivity contribution in [3.8, 4) is 0 Å². The topological polar surface area (TPSA) is 76.6 Å². The fourth-order valence-corrected chi connectivity index (χ4v) is 5.58. The Morgan fingerprint density at radius 1 is 1.55 bits per heavy atom. The van der Waals surface area contributed by atoms with Gasteiger partial charge in [-0.25, -0.2) is 13.4 Å². The Balaban J connectivity index is 2.20. The third kappa shape index (κ3) is 3.49. The lowest BCUT2D eigenvalue weighted by atomic mass is 9.98. The van der Waals surface area contributed by atoms with E-state index in [0.717, 1.165) is 34.8 Å². The van der Waals surface area contributed by atoms with Gasteiger partial charge in [-0.15, -0.1) is 11.3 Å². The maximum Gasteiger partial charge on any atom is 0.309 e. The lowest BCUT2D eigenvalue weighted by Crippen LogP contribution is -2.37. The van der Waals surface area contributed by atoms with Gasteiger partial charge in [0.1, 0.15) is 0 Å². The summed E-state index contributed by atoms with van der Waals surface area (Å²) in [6, 6.07) is -0.176. The van der Waals surface area contributed by atoms with Crippen molar-refractivity contribution in [3.63, 3.8) is 0 Å². The fraction of sp³-hybridized carbons (Fsp3) is 0.714. The van der Waals surface area contributed by atoms with Crippen molar-refractivity contribution in [3.05, 3.63) is 15.6 Å². The summed E-state index contributed by atoms with van der Waals surface area (Å²) < 4.78 is 31.2. The normalized spacial score (nSPS) is 19.8. The Bertz CT molecular complexity index is 654. The van der Waals surface area contributed by atoms with Gasteiger partial charge in [-0.3, -0.25) is 4.79 Å². The number of esters is 1. The molecule has 22 heavy (non-hydrogen) atoms. The molecule has 0 N–H and O–H groups in total. The zero-order valence-corrected chi connectivity index (χ0v) is 15.0. The Morgan fingerprint density at radius 3 is 2.86 bits per heavy atom. The van der Waals surface area contributed by atoms with Gasteiger partial charge >= 0.3 is 5.97 Å². The number of carbonyl (C=O) groups is 1. The number of hydrogen-bond acceptors (Lipinski definition) is 6. The Labute approximate surface area is 135 Å². The monoisotopic (exact) mass is 346 g/mol. The van der Waals surface area contributed by atoms with E-state index >= 15 is 0 Å². The quantitative estimate of drug-likeness (QED) is 0.761. The van der Waals surface area contributed by atoms with Gasteiger partial charge in [-0.1, -0.05) is 6.92 Å². The largest absolute Gasteiger partial charge is 0.469 e. The first-order valence-electron chi connectivity index (χ1n) is 7.26. The van der Waals surface area contributed by atoms with E-state index in [9.17, 15) is 13.2 Å². The smallest absolute Gasteiger partial charge is 0.309 e. The van der Waals surface area contributed by atoms with Gasteiger partial charge in [0, 0.05) is 11.9 Å². The maximum absolute atomic E-state index is 12.6. The summed E-state index contributed by atoms with van der Waals surface area (Å²) in [5, 5.41) is 0.964. The third-order valence-corrected chi connectivity index (χ3v) is 7.14. The van der Waals surface area contributed by atoms with Gasteiger partial charge in [-0.05, 0) is 26.2 Å². The molecular weight excluding hydrogens is 324 g/mol. The van der Waals surface area contributed by atoms with Crippen LogP contribution in [0.5, 0.6) is 0 Å². The van der Waals surface area contributed by atoms with Crippen molar-refractivity contribution in [2.24, 2.45) is 5.92 Å². The molecule has 0 bridgehead atoms. The predicted molar refractivity (Wildman–Crippen MR) is 85.3 cm³/mol. The molecule has 0 saturated carbocycles. The molecule has 0 spiro atoms. The van der Waals surface area contributed by atoms with Crippen LogP contribution in [0.25, 0.3) is 0 Å². The number of methoxy groups -OCH3 is 1. The van der Waals surface area contributed by atoms with Crippen LogP contribution in [0.1, 0.15) is 41.4 Å². The second-order valence-electron chi connectivity index (χ2n) is 5.67. The number of hydrogen-bond donors (Lipinski definition) is 0. The van der Waals surface area contributed by atoms with Crippen molar-refractivity contribution in [2.75, 3.05) is 19.9 Å². The zero-order valence-electron chi connectivity index (χ0n) is 13.3. The van der Waals surface area contributed by atoms with Crippen LogP contribution in [0.15, 0.2) is 0 Å². The molecule has 2 rings (SSSR count). The molecule has 0 aliphatic heterocycles. The van der Waals surface area contributed by atoms with Gasteiger partial charge < -0.3 is 4.74 Å². The summed E-state index contributed by atoms with van der Waals surface area (Å²) in [4.78, 5) is 17.0. The highest BCUT2D eigenvalue weighted by Crippen LogP contribution is 2.38. The molecule has 8 heteroatoms. The second kappa shape index (κ2) is 6.64. The Kier molecular flexibility index (Phi) is 5.24. The molecule has 1 aliphatic carbocycles. The summed E-state index contributed by atoms with van der Waals surface area (Å²) in [5.74, 6) is -1.42. The molecule has 6 nitrogen and oxygen atoms in total. The highest BCUT2D eigenvalue weighted by Gasteiger charge is 2.35. The number of fused-ring (bicyclic) bond motifs is 1. The van der Waals surface area contributed by atoms with Crippen LogP contribution in [0.3, 0.4) is 0 Å². The number of aromatic nitrogens is 1. The summed E-state index contributed by atoms with van der Waals surface area (Å²) in [6.07, 6.45) is 2.62. The zero-order chi connectivity index (χ0) is 16.5. The molecule has 0 aromatic carbocycles. The Morgan fingerprint density at radius 2 is 2.23 bits per heavy atom. The molecule has 1 aromatic rings. The molecular formula is C14H22N2O4S2. The first kappa shape index (κ1) is 17.4. The average molecular weight is 346 g/mol. The molecule has 0 amide bonds. The van der Waals surface area contributed by atoms with Crippen molar-refractivity contribution in [2.45, 2.75) is 39.2 Å². The van der Waals surface area contributed by atoms with E-state index in [1.807, 2.05) is 6.92 Å². The first-order chi connectivity index (χ1) is 10.3. The number of thiazole rings is 1. The maximum atomic E-state index is 12.6. The molecule has 0 unspecified atom stereocenters. The van der Waals surface area contributed by atoms with Crippen LogP contribution < -0.4 is 0 Å². The van der Waals surface area contributed by atoms with Gasteiger partial charge in [0.05, 0.1) is 35.5 Å². The standard InChI is InChI=1S/C14H22N2O4S2/c1-9(14(17)20-4)8-22(18,19)16(3)12-7-5-6-11-13(12)21-10(2)15-11/h9,12H,5-8H2,1-4H3/t9-,12+/m1/s1. The van der Waals surface area contributed by atoms with Gasteiger partial charge in [0.25, 0.3) is 0 Å². The molecule has 1 heterocycles. The number of carbonyl (C=O) groups excluding carboxylic acids is 1. The SMILES string of the molecule is COC(=O)[C@H](C)CS(=O)(=O)N(C)[C@H]1CCCc2nc(C)sc21.